The van der Waals surface area contributed by atoms with Gasteiger partial charge in [-0.25, -0.2) is 31.9 Å². The highest BCUT2D eigenvalue weighted by atomic mass is 32.2. The summed E-state index contributed by atoms with van der Waals surface area (Å²) in [6.07, 6.45) is 0.932. The maximum atomic E-state index is 12.6. The van der Waals surface area contributed by atoms with Crippen LogP contribution in [0, 0.1) is 13.8 Å². The molecule has 0 bridgehead atoms. The summed E-state index contributed by atoms with van der Waals surface area (Å²) in [6, 6.07) is 5.49. The van der Waals surface area contributed by atoms with Crippen molar-refractivity contribution in [3.05, 3.63) is 46.8 Å². The Labute approximate surface area is 151 Å². The first-order chi connectivity index (χ1) is 11.9. The van der Waals surface area contributed by atoms with Crippen molar-refractivity contribution < 1.29 is 21.6 Å². The number of sulfone groups is 1. The minimum Gasteiger partial charge on any atom is -0.290 e. The zero-order valence-electron chi connectivity index (χ0n) is 14.3. The number of anilines is 1. The van der Waals surface area contributed by atoms with Crippen molar-refractivity contribution in [2.75, 3.05) is 11.6 Å². The van der Waals surface area contributed by atoms with Crippen LogP contribution in [0.4, 0.5) is 5.95 Å². The molecule has 0 spiro atoms. The number of hydrogen-bond donors (Lipinski definition) is 2. The number of benzene rings is 1. The van der Waals surface area contributed by atoms with Gasteiger partial charge in [-0.3, -0.25) is 10.1 Å². The first-order valence-electron chi connectivity index (χ1n) is 7.33. The van der Waals surface area contributed by atoms with Crippen molar-refractivity contribution in [1.29, 1.82) is 0 Å². The molecule has 9 nitrogen and oxygen atoms in total. The predicted octanol–water partition coefficient (Wildman–Crippen LogP) is 0.538. The molecule has 1 amide bonds. The number of carbonyl (C=O) groups is 1. The quantitative estimate of drug-likeness (QED) is 0.746. The Morgan fingerprint density at radius 2 is 1.69 bits per heavy atom. The summed E-state index contributed by atoms with van der Waals surface area (Å²) in [5.41, 5.74) is 0.925. The van der Waals surface area contributed by atoms with E-state index in [1.165, 1.54) is 12.1 Å². The van der Waals surface area contributed by atoms with Crippen LogP contribution in [0.3, 0.4) is 0 Å². The third kappa shape index (κ3) is 5.07. The lowest BCUT2D eigenvalue weighted by molar-refractivity contribution is 0.102. The van der Waals surface area contributed by atoms with Crippen LogP contribution in [0.5, 0.6) is 0 Å². The van der Waals surface area contributed by atoms with Gasteiger partial charge >= 0.3 is 0 Å². The van der Waals surface area contributed by atoms with Gasteiger partial charge in [0.05, 0.1) is 10.6 Å². The summed E-state index contributed by atoms with van der Waals surface area (Å²) in [4.78, 5) is 20.3. The largest absolute Gasteiger partial charge is 0.290 e. The number of aromatic nitrogens is 2. The molecule has 0 aliphatic rings. The fraction of sp³-hybridized carbons (Fsp3) is 0.267. The van der Waals surface area contributed by atoms with Gasteiger partial charge < -0.3 is 0 Å². The van der Waals surface area contributed by atoms with Crippen molar-refractivity contribution in [2.45, 2.75) is 24.5 Å². The lowest BCUT2D eigenvalue weighted by atomic mass is 10.1. The normalized spacial score (nSPS) is 12.0. The number of nitrogens with zero attached hydrogens (tertiary/aromatic N) is 2. The molecule has 1 aromatic heterocycles. The Hall–Kier alpha value is -2.37. The Kier molecular flexibility index (Phi) is 5.44. The van der Waals surface area contributed by atoms with Crippen molar-refractivity contribution in [2.24, 2.45) is 5.14 Å². The summed E-state index contributed by atoms with van der Waals surface area (Å²) < 4.78 is 47.0. The molecule has 11 heteroatoms. The lowest BCUT2D eigenvalue weighted by Crippen LogP contribution is -2.22. The van der Waals surface area contributed by atoms with Crippen LogP contribution in [0.15, 0.2) is 29.2 Å². The molecular formula is C15H18N4O5S2. The Morgan fingerprint density at radius 3 is 2.19 bits per heavy atom. The minimum atomic E-state index is -4.22. The maximum Gasteiger partial charge on any atom is 0.258 e. The molecule has 0 fully saturated rings. The van der Waals surface area contributed by atoms with Crippen LogP contribution < -0.4 is 10.5 Å². The summed E-state index contributed by atoms with van der Waals surface area (Å²) in [5, 5.41) is 7.61. The molecule has 0 radical (unpaired) electrons. The number of amides is 1. The van der Waals surface area contributed by atoms with E-state index in [1.807, 2.05) is 0 Å². The fourth-order valence-electron chi connectivity index (χ4n) is 2.41. The van der Waals surface area contributed by atoms with Crippen LogP contribution in [-0.2, 0) is 25.6 Å². The molecular weight excluding hydrogens is 380 g/mol. The van der Waals surface area contributed by atoms with Gasteiger partial charge in [-0.1, -0.05) is 6.07 Å². The second-order valence-electron chi connectivity index (χ2n) is 5.83. The van der Waals surface area contributed by atoms with Gasteiger partial charge in [0.2, 0.25) is 16.0 Å². The van der Waals surface area contributed by atoms with Crippen LogP contribution >= 0.6 is 0 Å². The molecule has 0 atom stereocenters. The highest BCUT2D eigenvalue weighted by Gasteiger charge is 2.24. The first kappa shape index (κ1) is 19.9. The molecule has 0 saturated carbocycles. The van der Waals surface area contributed by atoms with E-state index in [9.17, 15) is 21.6 Å². The number of hydrogen-bond acceptors (Lipinski definition) is 7. The number of nitrogens with one attached hydrogen (secondary N) is 1. The van der Waals surface area contributed by atoms with Crippen LogP contribution in [0.1, 0.15) is 27.3 Å². The summed E-state index contributed by atoms with van der Waals surface area (Å²) >= 11 is 0. The highest BCUT2D eigenvalue weighted by Crippen LogP contribution is 2.22. The van der Waals surface area contributed by atoms with E-state index in [1.54, 1.807) is 19.9 Å². The third-order valence-corrected chi connectivity index (χ3v) is 5.11. The molecule has 26 heavy (non-hydrogen) atoms. The number of sulfonamides is 1. The predicted molar refractivity (Wildman–Crippen MR) is 95.8 cm³/mol. The average Bonchev–Trinajstić information content (AvgIpc) is 2.43. The molecule has 0 aliphatic carbocycles. The Morgan fingerprint density at radius 1 is 1.12 bits per heavy atom. The topological polar surface area (TPSA) is 149 Å². The molecule has 0 aliphatic heterocycles. The number of primary sulfonamides is 1. The van der Waals surface area contributed by atoms with Crippen molar-refractivity contribution in [3.63, 3.8) is 0 Å². The highest BCUT2D eigenvalue weighted by molar-refractivity contribution is 7.90. The number of nitrogens with two attached hydrogens (primary N) is 1. The minimum absolute atomic E-state index is 0.0267. The van der Waals surface area contributed by atoms with E-state index in [2.05, 4.69) is 15.3 Å². The molecule has 2 rings (SSSR count). The fourth-order valence-corrected chi connectivity index (χ4v) is 4.13. The SMILES string of the molecule is Cc1cc(C)nc(NC(=O)c2cccc(S(N)(=O)=O)c2CS(C)(=O)=O)n1. The summed E-state index contributed by atoms with van der Waals surface area (Å²) in [5.74, 6) is -1.37. The van der Waals surface area contributed by atoms with Crippen molar-refractivity contribution in [1.82, 2.24) is 9.97 Å². The molecule has 3 N–H and O–H groups in total. The third-order valence-electron chi connectivity index (χ3n) is 3.30. The van der Waals surface area contributed by atoms with Crippen LogP contribution in [-0.4, -0.2) is 39.0 Å². The van der Waals surface area contributed by atoms with Gasteiger partial charge in [0, 0.05) is 23.2 Å². The van der Waals surface area contributed by atoms with E-state index < -0.39 is 36.4 Å². The molecule has 1 heterocycles. The average molecular weight is 398 g/mol. The molecule has 0 saturated heterocycles. The zero-order chi connectivity index (χ0) is 19.7. The van der Waals surface area contributed by atoms with Gasteiger partial charge in [0.15, 0.2) is 9.84 Å². The lowest BCUT2D eigenvalue weighted by Gasteiger charge is -2.13. The maximum absolute atomic E-state index is 12.6. The van der Waals surface area contributed by atoms with Gasteiger partial charge in [-0.2, -0.15) is 0 Å². The van der Waals surface area contributed by atoms with E-state index >= 15 is 0 Å². The van der Waals surface area contributed by atoms with Crippen LogP contribution in [0.25, 0.3) is 0 Å². The van der Waals surface area contributed by atoms with Crippen molar-refractivity contribution in [3.8, 4) is 0 Å². The van der Waals surface area contributed by atoms with Crippen molar-refractivity contribution >= 4 is 31.7 Å². The second kappa shape index (κ2) is 7.09. The molecule has 2 aromatic rings. The second-order valence-corrected chi connectivity index (χ2v) is 9.50. The summed E-state index contributed by atoms with van der Waals surface area (Å²) in [6.45, 7) is 3.45. The van der Waals surface area contributed by atoms with Gasteiger partial charge in [0.1, 0.15) is 0 Å². The number of rotatable bonds is 5. The standard InChI is InChI=1S/C15H18N4O5S2/c1-9-7-10(2)18-15(17-9)19-14(20)11-5-4-6-13(26(16,23)24)12(11)8-25(3,21)22/h4-7H,8H2,1-3H3,(H2,16,23,24)(H,17,18,19,20). The van der Waals surface area contributed by atoms with E-state index in [0.717, 1.165) is 12.3 Å². The van der Waals surface area contributed by atoms with E-state index in [0.29, 0.717) is 11.4 Å². The first-order valence-corrected chi connectivity index (χ1v) is 10.9. The van der Waals surface area contributed by atoms with E-state index in [-0.39, 0.29) is 17.1 Å². The Bertz CT molecular complexity index is 1060. The Balaban J connectivity index is 2.55. The molecule has 1 aromatic carbocycles. The molecule has 0 unspecified atom stereocenters. The van der Waals surface area contributed by atoms with E-state index in [4.69, 9.17) is 5.14 Å². The smallest absolute Gasteiger partial charge is 0.258 e. The monoisotopic (exact) mass is 398 g/mol. The van der Waals surface area contributed by atoms with Gasteiger partial charge in [0.25, 0.3) is 5.91 Å². The van der Waals surface area contributed by atoms with Crippen LogP contribution in [0.2, 0.25) is 0 Å². The molecule has 140 valence electrons. The van der Waals surface area contributed by atoms with Gasteiger partial charge in [-0.15, -0.1) is 0 Å². The van der Waals surface area contributed by atoms with Gasteiger partial charge in [-0.05, 0) is 37.6 Å². The number of carbonyl (C=O) groups excluding carboxylic acids is 1. The number of aryl methyl sites for hydroxylation is 2. The summed E-state index contributed by atoms with van der Waals surface area (Å²) in [7, 11) is -7.86. The zero-order valence-corrected chi connectivity index (χ0v) is 16.0.